The first-order valence-corrected chi connectivity index (χ1v) is 7.64. The molecule has 1 N–H and O–H groups in total. The van der Waals surface area contributed by atoms with E-state index in [0.29, 0.717) is 6.10 Å². The fraction of sp³-hybridized carbons (Fsp3) is 0.588. The predicted octanol–water partition coefficient (Wildman–Crippen LogP) is 3.38. The van der Waals surface area contributed by atoms with Crippen molar-refractivity contribution in [3.8, 4) is 0 Å². The van der Waals surface area contributed by atoms with Crippen molar-refractivity contribution in [1.82, 2.24) is 5.32 Å². The molecular weight excluding hydrogens is 250 g/mol. The van der Waals surface area contributed by atoms with E-state index in [1.165, 1.54) is 12.8 Å². The first kappa shape index (κ1) is 15.0. The van der Waals surface area contributed by atoms with Crippen molar-refractivity contribution in [2.24, 2.45) is 0 Å². The molecule has 1 aliphatic heterocycles. The zero-order valence-corrected chi connectivity index (χ0v) is 12.6. The second-order valence-corrected chi connectivity index (χ2v) is 5.71. The van der Waals surface area contributed by atoms with E-state index in [2.05, 4.69) is 5.32 Å². The number of hydrogen-bond donors (Lipinski definition) is 1. The van der Waals surface area contributed by atoms with Gasteiger partial charge in [-0.05, 0) is 57.6 Å². The number of ether oxygens (including phenoxy) is 1. The van der Waals surface area contributed by atoms with Crippen LogP contribution >= 0.6 is 0 Å². The lowest BCUT2D eigenvalue weighted by atomic mass is 10.0. The lowest BCUT2D eigenvalue weighted by molar-refractivity contribution is 0.0946. The van der Waals surface area contributed by atoms with Crippen molar-refractivity contribution >= 4 is 5.91 Å². The maximum atomic E-state index is 12.1. The Balaban J connectivity index is 1.68. The van der Waals surface area contributed by atoms with Crippen LogP contribution in [0, 0.1) is 13.8 Å². The number of rotatable bonds is 6. The third-order valence-corrected chi connectivity index (χ3v) is 3.90. The number of hydrogen-bond acceptors (Lipinski definition) is 2. The average molecular weight is 275 g/mol. The van der Waals surface area contributed by atoms with E-state index in [4.69, 9.17) is 4.74 Å². The molecule has 1 aromatic carbocycles. The van der Waals surface area contributed by atoms with E-state index in [1.807, 2.05) is 32.0 Å². The number of aryl methyl sites for hydroxylation is 2. The zero-order valence-electron chi connectivity index (χ0n) is 12.6. The molecule has 0 spiro atoms. The molecule has 0 aliphatic carbocycles. The SMILES string of the molecule is Cc1ccc(C)c(C(=O)NCCCC[C@@H]2CCCO2)c1. The van der Waals surface area contributed by atoms with Gasteiger partial charge < -0.3 is 10.1 Å². The average Bonchev–Trinajstić information content (AvgIpc) is 2.94. The minimum atomic E-state index is 0.0447. The van der Waals surface area contributed by atoms with Crippen LogP contribution in [0.25, 0.3) is 0 Å². The highest BCUT2D eigenvalue weighted by Crippen LogP contribution is 2.17. The van der Waals surface area contributed by atoms with Crippen LogP contribution in [0.1, 0.15) is 53.6 Å². The van der Waals surface area contributed by atoms with Crippen molar-refractivity contribution in [3.05, 3.63) is 34.9 Å². The normalized spacial score (nSPS) is 18.2. The fourth-order valence-electron chi connectivity index (χ4n) is 2.65. The van der Waals surface area contributed by atoms with Crippen LogP contribution < -0.4 is 5.32 Å². The first-order valence-electron chi connectivity index (χ1n) is 7.64. The van der Waals surface area contributed by atoms with E-state index < -0.39 is 0 Å². The molecule has 20 heavy (non-hydrogen) atoms. The van der Waals surface area contributed by atoms with E-state index in [9.17, 15) is 4.79 Å². The monoisotopic (exact) mass is 275 g/mol. The van der Waals surface area contributed by atoms with E-state index in [-0.39, 0.29) is 5.91 Å². The van der Waals surface area contributed by atoms with Gasteiger partial charge in [0.25, 0.3) is 5.91 Å². The Morgan fingerprint density at radius 2 is 2.20 bits per heavy atom. The third-order valence-electron chi connectivity index (χ3n) is 3.90. The number of nitrogens with one attached hydrogen (secondary N) is 1. The maximum absolute atomic E-state index is 12.1. The number of unbranched alkanes of at least 4 members (excludes halogenated alkanes) is 1. The van der Waals surface area contributed by atoms with E-state index in [0.717, 1.165) is 49.1 Å². The predicted molar refractivity (Wildman–Crippen MR) is 81.1 cm³/mol. The van der Waals surface area contributed by atoms with Crippen LogP contribution in [-0.2, 0) is 4.74 Å². The zero-order chi connectivity index (χ0) is 14.4. The minimum absolute atomic E-state index is 0.0447. The molecule has 110 valence electrons. The molecular formula is C17H25NO2. The number of carbonyl (C=O) groups is 1. The van der Waals surface area contributed by atoms with Gasteiger partial charge in [0.05, 0.1) is 6.10 Å². The van der Waals surface area contributed by atoms with Gasteiger partial charge in [-0.15, -0.1) is 0 Å². The van der Waals surface area contributed by atoms with E-state index >= 15 is 0 Å². The molecule has 1 fully saturated rings. The minimum Gasteiger partial charge on any atom is -0.378 e. The molecule has 1 amide bonds. The summed E-state index contributed by atoms with van der Waals surface area (Å²) >= 11 is 0. The highest BCUT2D eigenvalue weighted by atomic mass is 16.5. The topological polar surface area (TPSA) is 38.3 Å². The van der Waals surface area contributed by atoms with Gasteiger partial charge in [-0.2, -0.15) is 0 Å². The Hall–Kier alpha value is -1.35. The maximum Gasteiger partial charge on any atom is 0.251 e. The van der Waals surface area contributed by atoms with Crippen molar-refractivity contribution in [1.29, 1.82) is 0 Å². The molecule has 3 nitrogen and oxygen atoms in total. The van der Waals surface area contributed by atoms with Crippen LogP contribution in [0.2, 0.25) is 0 Å². The van der Waals surface area contributed by atoms with Gasteiger partial charge in [0.1, 0.15) is 0 Å². The Bertz CT molecular complexity index is 450. The Morgan fingerprint density at radius 3 is 2.95 bits per heavy atom. The summed E-state index contributed by atoms with van der Waals surface area (Å²) in [5.41, 5.74) is 2.95. The van der Waals surface area contributed by atoms with Crippen molar-refractivity contribution in [2.45, 2.75) is 52.1 Å². The van der Waals surface area contributed by atoms with Gasteiger partial charge in [-0.3, -0.25) is 4.79 Å². The largest absolute Gasteiger partial charge is 0.378 e. The first-order chi connectivity index (χ1) is 9.66. The van der Waals surface area contributed by atoms with Gasteiger partial charge in [-0.25, -0.2) is 0 Å². The molecule has 2 rings (SSSR count). The summed E-state index contributed by atoms with van der Waals surface area (Å²) in [7, 11) is 0. The van der Waals surface area contributed by atoms with E-state index in [1.54, 1.807) is 0 Å². The Kier molecular flexibility index (Phi) is 5.60. The lowest BCUT2D eigenvalue weighted by Crippen LogP contribution is -2.25. The summed E-state index contributed by atoms with van der Waals surface area (Å²) in [4.78, 5) is 12.1. The fourth-order valence-corrected chi connectivity index (χ4v) is 2.65. The Labute approximate surface area is 121 Å². The van der Waals surface area contributed by atoms with Gasteiger partial charge in [0.2, 0.25) is 0 Å². The molecule has 3 heteroatoms. The van der Waals surface area contributed by atoms with Gasteiger partial charge in [0, 0.05) is 18.7 Å². The van der Waals surface area contributed by atoms with Gasteiger partial charge >= 0.3 is 0 Å². The molecule has 1 heterocycles. The van der Waals surface area contributed by atoms with Crippen LogP contribution in [0.15, 0.2) is 18.2 Å². The summed E-state index contributed by atoms with van der Waals surface area (Å²) in [5.74, 6) is 0.0447. The molecule has 0 aromatic heterocycles. The molecule has 1 saturated heterocycles. The highest BCUT2D eigenvalue weighted by molar-refractivity contribution is 5.95. The molecule has 1 aromatic rings. The van der Waals surface area contributed by atoms with Crippen LogP contribution in [-0.4, -0.2) is 25.2 Å². The Morgan fingerprint density at radius 1 is 1.35 bits per heavy atom. The second-order valence-electron chi connectivity index (χ2n) is 5.71. The molecule has 1 aliphatic rings. The summed E-state index contributed by atoms with van der Waals surface area (Å²) in [6.07, 6.45) is 6.14. The summed E-state index contributed by atoms with van der Waals surface area (Å²) in [6, 6.07) is 5.99. The molecule has 0 bridgehead atoms. The van der Waals surface area contributed by atoms with Gasteiger partial charge in [0.15, 0.2) is 0 Å². The molecule has 0 unspecified atom stereocenters. The van der Waals surface area contributed by atoms with Gasteiger partial charge in [-0.1, -0.05) is 17.7 Å². The highest BCUT2D eigenvalue weighted by Gasteiger charge is 2.14. The standard InChI is InChI=1S/C17H25NO2/c1-13-8-9-14(2)16(12-13)17(19)18-10-4-3-6-15-7-5-11-20-15/h8-9,12,15H,3-7,10-11H2,1-2H3,(H,18,19)/t15-/m1/s1. The third kappa shape index (κ3) is 4.34. The summed E-state index contributed by atoms with van der Waals surface area (Å²) in [5, 5.41) is 3.01. The summed E-state index contributed by atoms with van der Waals surface area (Å²) in [6.45, 7) is 5.66. The van der Waals surface area contributed by atoms with Crippen molar-refractivity contribution in [3.63, 3.8) is 0 Å². The molecule has 1 atom stereocenters. The molecule has 0 saturated carbocycles. The number of benzene rings is 1. The lowest BCUT2D eigenvalue weighted by Gasteiger charge is -2.10. The quantitative estimate of drug-likeness (QED) is 0.808. The number of amides is 1. The smallest absolute Gasteiger partial charge is 0.251 e. The molecule has 0 radical (unpaired) electrons. The number of carbonyl (C=O) groups excluding carboxylic acids is 1. The van der Waals surface area contributed by atoms with Crippen LogP contribution in [0.5, 0.6) is 0 Å². The van der Waals surface area contributed by atoms with Crippen LogP contribution in [0.4, 0.5) is 0 Å². The summed E-state index contributed by atoms with van der Waals surface area (Å²) < 4.78 is 5.59. The van der Waals surface area contributed by atoms with Crippen molar-refractivity contribution in [2.75, 3.05) is 13.2 Å². The van der Waals surface area contributed by atoms with Crippen molar-refractivity contribution < 1.29 is 9.53 Å². The van der Waals surface area contributed by atoms with Crippen LogP contribution in [0.3, 0.4) is 0 Å². The second kappa shape index (κ2) is 7.44.